The molecule has 1 rings (SSSR count). The molecule has 1 aliphatic heterocycles. The summed E-state index contributed by atoms with van der Waals surface area (Å²) >= 11 is 0. The molecule has 0 aromatic carbocycles. The van der Waals surface area contributed by atoms with Crippen molar-refractivity contribution in [2.45, 2.75) is 58.2 Å². The molecule has 1 aliphatic rings. The van der Waals surface area contributed by atoms with E-state index in [9.17, 15) is 10.2 Å². The van der Waals surface area contributed by atoms with Crippen LogP contribution >= 0.6 is 0 Å². The molecule has 1 saturated heterocycles. The van der Waals surface area contributed by atoms with Gasteiger partial charge in [-0.1, -0.05) is 20.8 Å². The van der Waals surface area contributed by atoms with Gasteiger partial charge in [0.25, 0.3) is 0 Å². The van der Waals surface area contributed by atoms with E-state index >= 15 is 0 Å². The molecule has 0 aliphatic carbocycles. The molecule has 5 atom stereocenters. The number of hydrogen-bond donors (Lipinski definition) is 2. The lowest BCUT2D eigenvalue weighted by atomic mass is 9.80. The van der Waals surface area contributed by atoms with Crippen LogP contribution in [0.2, 0.25) is 0 Å². The second-order valence-electron chi connectivity index (χ2n) is 5.31. The standard InChI is InChI=1S/C11H22O4/c1-6-9(14-5)7(12)8(13)10(15-6)11(2,3)4/h6-10,12-13H,1-5H3/t6?,7-,8?,9-,10-/m1/s1. The van der Waals surface area contributed by atoms with Crippen molar-refractivity contribution >= 4 is 0 Å². The van der Waals surface area contributed by atoms with Crippen LogP contribution in [0.4, 0.5) is 0 Å². The van der Waals surface area contributed by atoms with Crippen molar-refractivity contribution in [1.29, 1.82) is 0 Å². The van der Waals surface area contributed by atoms with Crippen molar-refractivity contribution in [3.63, 3.8) is 0 Å². The third kappa shape index (κ3) is 2.50. The predicted octanol–water partition coefficient (Wildman–Crippen LogP) is 0.557. The van der Waals surface area contributed by atoms with E-state index in [0.29, 0.717) is 0 Å². The molecule has 0 aromatic rings. The van der Waals surface area contributed by atoms with Crippen molar-refractivity contribution in [3.8, 4) is 0 Å². The van der Waals surface area contributed by atoms with Gasteiger partial charge in [-0.3, -0.25) is 0 Å². The van der Waals surface area contributed by atoms with Gasteiger partial charge in [0.05, 0.1) is 12.2 Å². The molecule has 0 amide bonds. The Morgan fingerprint density at radius 1 is 1.13 bits per heavy atom. The second-order valence-corrected chi connectivity index (χ2v) is 5.31. The summed E-state index contributed by atoms with van der Waals surface area (Å²) < 4.78 is 10.8. The normalized spacial score (nSPS) is 43.0. The minimum absolute atomic E-state index is 0.201. The maximum absolute atomic E-state index is 9.94. The summed E-state index contributed by atoms with van der Waals surface area (Å²) in [5.74, 6) is 0. The van der Waals surface area contributed by atoms with E-state index in [0.717, 1.165) is 0 Å². The first-order valence-corrected chi connectivity index (χ1v) is 5.33. The van der Waals surface area contributed by atoms with Crippen LogP contribution in [0.15, 0.2) is 0 Å². The molecule has 90 valence electrons. The van der Waals surface area contributed by atoms with Crippen molar-refractivity contribution < 1.29 is 19.7 Å². The van der Waals surface area contributed by atoms with Crippen molar-refractivity contribution in [2.24, 2.45) is 5.41 Å². The highest BCUT2D eigenvalue weighted by Gasteiger charge is 2.46. The number of aliphatic hydroxyl groups excluding tert-OH is 2. The lowest BCUT2D eigenvalue weighted by Crippen LogP contribution is -2.60. The Hall–Kier alpha value is -0.160. The molecular weight excluding hydrogens is 196 g/mol. The molecule has 15 heavy (non-hydrogen) atoms. The van der Waals surface area contributed by atoms with Gasteiger partial charge in [-0.25, -0.2) is 0 Å². The van der Waals surface area contributed by atoms with Crippen LogP contribution in [-0.4, -0.2) is 47.8 Å². The largest absolute Gasteiger partial charge is 0.388 e. The van der Waals surface area contributed by atoms with Gasteiger partial charge < -0.3 is 19.7 Å². The van der Waals surface area contributed by atoms with Crippen LogP contribution < -0.4 is 0 Å². The Morgan fingerprint density at radius 3 is 2.07 bits per heavy atom. The molecule has 2 N–H and O–H groups in total. The Labute approximate surface area is 91.2 Å². The molecule has 0 saturated carbocycles. The summed E-state index contributed by atoms with van der Waals surface area (Å²) in [5.41, 5.74) is -0.201. The Balaban J connectivity index is 2.82. The zero-order valence-corrected chi connectivity index (χ0v) is 10.1. The van der Waals surface area contributed by atoms with E-state index in [1.807, 2.05) is 27.7 Å². The third-order valence-electron chi connectivity index (χ3n) is 2.95. The highest BCUT2D eigenvalue weighted by Crippen LogP contribution is 2.33. The monoisotopic (exact) mass is 218 g/mol. The van der Waals surface area contributed by atoms with Gasteiger partial charge in [0.1, 0.15) is 18.3 Å². The first-order chi connectivity index (χ1) is 6.79. The van der Waals surface area contributed by atoms with Gasteiger partial charge in [0.2, 0.25) is 0 Å². The maximum atomic E-state index is 9.94. The molecule has 0 radical (unpaired) electrons. The summed E-state index contributed by atoms with van der Waals surface area (Å²) in [6.45, 7) is 7.79. The third-order valence-corrected chi connectivity index (χ3v) is 2.95. The molecule has 2 unspecified atom stereocenters. The number of aliphatic hydroxyl groups is 2. The fourth-order valence-corrected chi connectivity index (χ4v) is 2.09. The highest BCUT2D eigenvalue weighted by molar-refractivity contribution is 4.95. The van der Waals surface area contributed by atoms with Crippen LogP contribution in [0.1, 0.15) is 27.7 Å². The van der Waals surface area contributed by atoms with Crippen LogP contribution in [0.25, 0.3) is 0 Å². The van der Waals surface area contributed by atoms with Crippen molar-refractivity contribution in [1.82, 2.24) is 0 Å². The predicted molar refractivity (Wildman–Crippen MR) is 56.6 cm³/mol. The maximum Gasteiger partial charge on any atom is 0.111 e. The van der Waals surface area contributed by atoms with Gasteiger partial charge in [-0.2, -0.15) is 0 Å². The Morgan fingerprint density at radius 2 is 1.67 bits per heavy atom. The average molecular weight is 218 g/mol. The highest BCUT2D eigenvalue weighted by atomic mass is 16.6. The van der Waals surface area contributed by atoms with Gasteiger partial charge >= 0.3 is 0 Å². The molecule has 0 aromatic heterocycles. The fraction of sp³-hybridized carbons (Fsp3) is 1.00. The Kier molecular flexibility index (Phi) is 3.76. The van der Waals surface area contributed by atoms with Crippen molar-refractivity contribution in [3.05, 3.63) is 0 Å². The molecule has 1 fully saturated rings. The first-order valence-electron chi connectivity index (χ1n) is 5.33. The Bertz CT molecular complexity index is 211. The van der Waals surface area contributed by atoms with Crippen LogP contribution in [0, 0.1) is 5.41 Å². The summed E-state index contributed by atoms with van der Waals surface area (Å²) in [4.78, 5) is 0. The topological polar surface area (TPSA) is 58.9 Å². The van der Waals surface area contributed by atoms with E-state index < -0.39 is 18.3 Å². The smallest absolute Gasteiger partial charge is 0.111 e. The van der Waals surface area contributed by atoms with Gasteiger partial charge in [0.15, 0.2) is 0 Å². The van der Waals surface area contributed by atoms with E-state index in [4.69, 9.17) is 9.47 Å². The van der Waals surface area contributed by atoms with E-state index in [2.05, 4.69) is 0 Å². The van der Waals surface area contributed by atoms with E-state index in [-0.39, 0.29) is 17.6 Å². The molecule has 4 heteroatoms. The molecule has 1 heterocycles. The number of hydrogen-bond acceptors (Lipinski definition) is 4. The number of rotatable bonds is 1. The van der Waals surface area contributed by atoms with Crippen LogP contribution in [0.3, 0.4) is 0 Å². The first kappa shape index (κ1) is 12.9. The molecule has 4 nitrogen and oxygen atoms in total. The lowest BCUT2D eigenvalue weighted by molar-refractivity contribution is -0.245. The van der Waals surface area contributed by atoms with Crippen molar-refractivity contribution in [2.75, 3.05) is 7.11 Å². The summed E-state index contributed by atoms with van der Waals surface area (Å²) in [6, 6.07) is 0. The summed E-state index contributed by atoms with van der Waals surface area (Å²) in [7, 11) is 1.51. The van der Waals surface area contributed by atoms with Gasteiger partial charge in [-0.15, -0.1) is 0 Å². The fourth-order valence-electron chi connectivity index (χ4n) is 2.09. The van der Waals surface area contributed by atoms with Gasteiger partial charge in [0, 0.05) is 7.11 Å². The molecule has 0 spiro atoms. The molecule has 0 bridgehead atoms. The second kappa shape index (κ2) is 4.37. The quantitative estimate of drug-likeness (QED) is 0.675. The summed E-state index contributed by atoms with van der Waals surface area (Å²) in [5, 5.41) is 19.8. The van der Waals surface area contributed by atoms with Crippen LogP contribution in [-0.2, 0) is 9.47 Å². The molecular formula is C11H22O4. The number of methoxy groups -OCH3 is 1. The van der Waals surface area contributed by atoms with E-state index in [1.165, 1.54) is 7.11 Å². The van der Waals surface area contributed by atoms with E-state index in [1.54, 1.807) is 0 Å². The SMILES string of the molecule is CO[C@@H]1C(C)O[C@@H](C(C)(C)C)C(O)[C@H]1O. The minimum atomic E-state index is -0.897. The van der Waals surface area contributed by atoms with Gasteiger partial charge in [-0.05, 0) is 12.3 Å². The van der Waals surface area contributed by atoms with Crippen LogP contribution in [0.5, 0.6) is 0 Å². The zero-order chi connectivity index (χ0) is 11.8. The number of ether oxygens (including phenoxy) is 2. The summed E-state index contributed by atoms with van der Waals surface area (Å²) in [6.07, 6.45) is -2.82. The minimum Gasteiger partial charge on any atom is -0.388 e. The zero-order valence-electron chi connectivity index (χ0n) is 10.1. The lowest BCUT2D eigenvalue weighted by Gasteiger charge is -2.45. The average Bonchev–Trinajstić information content (AvgIpc) is 2.10.